The van der Waals surface area contributed by atoms with Gasteiger partial charge in [-0.15, -0.1) is 0 Å². The first-order chi connectivity index (χ1) is 9.13. The minimum atomic E-state index is -0.267. The van der Waals surface area contributed by atoms with E-state index in [0.717, 1.165) is 38.2 Å². The lowest BCUT2D eigenvalue weighted by Crippen LogP contribution is -2.46. The van der Waals surface area contributed by atoms with Gasteiger partial charge in [0.05, 0.1) is 0 Å². The Balaban J connectivity index is 2.30. The van der Waals surface area contributed by atoms with Crippen molar-refractivity contribution in [2.75, 3.05) is 26.2 Å². The second-order valence-corrected chi connectivity index (χ2v) is 5.69. The Hall–Kier alpha value is -0.640. The predicted octanol–water partition coefficient (Wildman–Crippen LogP) is 3.47. The summed E-state index contributed by atoms with van der Waals surface area (Å²) in [7, 11) is 0. The maximum atomic E-state index is 13.2. The van der Waals surface area contributed by atoms with Crippen LogP contribution in [0.2, 0.25) is 5.02 Å². The van der Waals surface area contributed by atoms with Crippen LogP contribution in [0.5, 0.6) is 0 Å². The van der Waals surface area contributed by atoms with Crippen molar-refractivity contribution < 1.29 is 4.39 Å². The van der Waals surface area contributed by atoms with Crippen molar-refractivity contribution in [3.05, 3.63) is 34.6 Å². The molecule has 106 valence electrons. The van der Waals surface area contributed by atoms with Gasteiger partial charge in [0.25, 0.3) is 0 Å². The summed E-state index contributed by atoms with van der Waals surface area (Å²) in [6.07, 6.45) is 1.09. The van der Waals surface area contributed by atoms with Crippen LogP contribution in [0, 0.1) is 11.7 Å². The first kappa shape index (κ1) is 14.8. The van der Waals surface area contributed by atoms with Crippen molar-refractivity contribution in [2.45, 2.75) is 26.3 Å². The third kappa shape index (κ3) is 3.47. The molecular weight excluding hydrogens is 263 g/mol. The molecule has 1 aromatic carbocycles. The molecule has 1 aliphatic heterocycles. The van der Waals surface area contributed by atoms with Crippen molar-refractivity contribution in [3.63, 3.8) is 0 Å². The molecule has 1 unspecified atom stereocenters. The number of hydrogen-bond donors (Lipinski definition) is 1. The molecule has 0 bridgehead atoms. The van der Waals surface area contributed by atoms with E-state index in [0.29, 0.717) is 10.9 Å². The zero-order valence-electron chi connectivity index (χ0n) is 11.6. The normalized spacial score (nSPS) is 20.2. The number of halogens is 2. The molecule has 2 rings (SSSR count). The van der Waals surface area contributed by atoms with Crippen LogP contribution in [0.1, 0.15) is 31.9 Å². The first-order valence-electron chi connectivity index (χ1n) is 7.03. The first-order valence-corrected chi connectivity index (χ1v) is 7.41. The molecule has 0 radical (unpaired) electrons. The Morgan fingerprint density at radius 2 is 2.05 bits per heavy atom. The highest BCUT2D eigenvalue weighted by atomic mass is 35.5. The number of rotatable bonds is 4. The largest absolute Gasteiger partial charge is 0.314 e. The molecule has 19 heavy (non-hydrogen) atoms. The van der Waals surface area contributed by atoms with E-state index < -0.39 is 0 Å². The van der Waals surface area contributed by atoms with E-state index in [-0.39, 0.29) is 11.9 Å². The highest BCUT2D eigenvalue weighted by molar-refractivity contribution is 6.31. The van der Waals surface area contributed by atoms with Gasteiger partial charge in [0.1, 0.15) is 5.82 Å². The summed E-state index contributed by atoms with van der Waals surface area (Å²) < 4.78 is 13.2. The van der Waals surface area contributed by atoms with Crippen molar-refractivity contribution in [3.8, 4) is 0 Å². The summed E-state index contributed by atoms with van der Waals surface area (Å²) in [5.41, 5.74) is 1.05. The van der Waals surface area contributed by atoms with Gasteiger partial charge in [0.15, 0.2) is 0 Å². The second-order valence-electron chi connectivity index (χ2n) is 5.28. The van der Waals surface area contributed by atoms with E-state index in [1.807, 2.05) is 6.07 Å². The van der Waals surface area contributed by atoms with Gasteiger partial charge in [-0.05, 0) is 23.6 Å². The molecule has 0 aliphatic carbocycles. The van der Waals surface area contributed by atoms with Crippen LogP contribution < -0.4 is 5.32 Å². The van der Waals surface area contributed by atoms with E-state index in [2.05, 4.69) is 24.1 Å². The number of nitrogens with zero attached hydrogens (tertiary/aromatic N) is 1. The molecule has 0 aromatic heterocycles. The van der Waals surface area contributed by atoms with E-state index in [1.54, 1.807) is 0 Å². The van der Waals surface area contributed by atoms with Gasteiger partial charge < -0.3 is 5.32 Å². The molecule has 1 N–H and O–H groups in total. The Bertz CT molecular complexity index is 419. The van der Waals surface area contributed by atoms with E-state index in [9.17, 15) is 4.39 Å². The van der Waals surface area contributed by atoms with Crippen molar-refractivity contribution in [1.82, 2.24) is 10.2 Å². The lowest BCUT2D eigenvalue weighted by molar-refractivity contribution is 0.128. The van der Waals surface area contributed by atoms with Crippen LogP contribution in [0.4, 0.5) is 4.39 Å². The lowest BCUT2D eigenvalue weighted by Gasteiger charge is -2.38. The summed E-state index contributed by atoms with van der Waals surface area (Å²) in [6, 6.07) is 5.06. The average molecular weight is 285 g/mol. The Kier molecular flexibility index (Phi) is 5.20. The zero-order chi connectivity index (χ0) is 13.8. The van der Waals surface area contributed by atoms with E-state index in [4.69, 9.17) is 11.6 Å². The van der Waals surface area contributed by atoms with E-state index >= 15 is 0 Å². The molecule has 0 saturated carbocycles. The highest BCUT2D eigenvalue weighted by Gasteiger charge is 2.28. The van der Waals surface area contributed by atoms with Crippen LogP contribution in [0.25, 0.3) is 0 Å². The fourth-order valence-corrected chi connectivity index (χ4v) is 3.07. The zero-order valence-corrected chi connectivity index (χ0v) is 12.4. The third-order valence-corrected chi connectivity index (χ3v) is 4.34. The van der Waals surface area contributed by atoms with Crippen LogP contribution in [0.15, 0.2) is 18.2 Å². The summed E-state index contributed by atoms with van der Waals surface area (Å²) in [4.78, 5) is 2.46. The molecule has 1 saturated heterocycles. The van der Waals surface area contributed by atoms with Gasteiger partial charge in [0.2, 0.25) is 0 Å². The molecule has 2 nitrogen and oxygen atoms in total. The smallest absolute Gasteiger partial charge is 0.124 e. The van der Waals surface area contributed by atoms with Crippen molar-refractivity contribution in [1.29, 1.82) is 0 Å². The van der Waals surface area contributed by atoms with Gasteiger partial charge in [-0.2, -0.15) is 0 Å². The monoisotopic (exact) mass is 284 g/mol. The summed E-state index contributed by atoms with van der Waals surface area (Å²) >= 11 is 6.26. The van der Waals surface area contributed by atoms with Crippen LogP contribution in [-0.4, -0.2) is 31.1 Å². The van der Waals surface area contributed by atoms with Crippen LogP contribution >= 0.6 is 11.6 Å². The molecule has 0 amide bonds. The van der Waals surface area contributed by atoms with Gasteiger partial charge in [-0.3, -0.25) is 4.90 Å². The number of nitrogens with one attached hydrogen (secondary N) is 1. The SMILES string of the molecule is CCC(C)[C@H](c1ccc(F)cc1Cl)N1CCNCC1. The Labute approximate surface area is 119 Å². The molecule has 1 aromatic rings. The maximum Gasteiger partial charge on any atom is 0.124 e. The third-order valence-electron chi connectivity index (χ3n) is 4.01. The number of piperazine rings is 1. The Morgan fingerprint density at radius 1 is 1.37 bits per heavy atom. The molecule has 4 heteroatoms. The van der Waals surface area contributed by atoms with E-state index in [1.165, 1.54) is 12.1 Å². The molecule has 1 fully saturated rings. The quantitative estimate of drug-likeness (QED) is 0.911. The minimum absolute atomic E-state index is 0.267. The van der Waals surface area contributed by atoms with Crippen LogP contribution in [0.3, 0.4) is 0 Å². The topological polar surface area (TPSA) is 15.3 Å². The average Bonchev–Trinajstić information content (AvgIpc) is 2.42. The molecule has 0 spiro atoms. The fourth-order valence-electron chi connectivity index (χ4n) is 2.79. The van der Waals surface area contributed by atoms with Crippen molar-refractivity contribution >= 4 is 11.6 Å². The standard InChI is InChI=1S/C15H22ClFN2/c1-3-11(2)15(19-8-6-18-7-9-19)13-5-4-12(17)10-14(13)16/h4-5,10-11,15,18H,3,6-9H2,1-2H3/t11?,15-/m1/s1. The maximum absolute atomic E-state index is 13.2. The highest BCUT2D eigenvalue weighted by Crippen LogP contribution is 2.35. The van der Waals surface area contributed by atoms with Gasteiger partial charge in [-0.1, -0.05) is 37.9 Å². The lowest BCUT2D eigenvalue weighted by atomic mass is 9.90. The van der Waals surface area contributed by atoms with Gasteiger partial charge in [-0.25, -0.2) is 4.39 Å². The summed E-state index contributed by atoms with van der Waals surface area (Å²) in [6.45, 7) is 8.48. The molecule has 2 atom stereocenters. The number of hydrogen-bond acceptors (Lipinski definition) is 2. The Morgan fingerprint density at radius 3 is 2.63 bits per heavy atom. The predicted molar refractivity (Wildman–Crippen MR) is 78.0 cm³/mol. The van der Waals surface area contributed by atoms with Gasteiger partial charge in [0, 0.05) is 37.2 Å². The summed E-state index contributed by atoms with van der Waals surface area (Å²) in [5.74, 6) is 0.234. The molecular formula is C15H22ClFN2. The molecule has 1 heterocycles. The second kappa shape index (κ2) is 6.69. The number of benzene rings is 1. The minimum Gasteiger partial charge on any atom is -0.314 e. The fraction of sp³-hybridized carbons (Fsp3) is 0.600. The molecule has 1 aliphatic rings. The van der Waals surface area contributed by atoms with Gasteiger partial charge >= 0.3 is 0 Å². The van der Waals surface area contributed by atoms with Crippen LogP contribution in [-0.2, 0) is 0 Å². The van der Waals surface area contributed by atoms with Crippen molar-refractivity contribution in [2.24, 2.45) is 5.92 Å². The summed E-state index contributed by atoms with van der Waals surface area (Å²) in [5, 5.41) is 3.91.